The Morgan fingerprint density at radius 1 is 0.809 bits per heavy atom. The third-order valence-electron chi connectivity index (χ3n) is 7.65. The van der Waals surface area contributed by atoms with Gasteiger partial charge in [-0.05, 0) is 79.9 Å². The second-order valence-electron chi connectivity index (χ2n) is 11.0. The third kappa shape index (κ3) is 9.50. The number of benzene rings is 4. The standard InChI is InChI=1S/C36H39Cl2N3O5S/c1-4-26(3)39-36(43)33(23-27-11-7-6-8-12-27)40(24-28-15-17-29(37)18-16-28)35(42)25-41(32-13-9-10-14-34(32)46-5-2)47(44,45)31-21-19-30(38)20-22-31/h6-22,26,33H,4-5,23-25H2,1-3H3,(H,39,43)/t26-,33+/m1/s1. The van der Waals surface area contributed by atoms with Crippen molar-refractivity contribution in [3.05, 3.63) is 124 Å². The first-order valence-electron chi connectivity index (χ1n) is 15.4. The monoisotopic (exact) mass is 695 g/mol. The fourth-order valence-electron chi connectivity index (χ4n) is 4.97. The van der Waals surface area contributed by atoms with Gasteiger partial charge in [0.15, 0.2) is 0 Å². The molecule has 0 aliphatic carbocycles. The molecule has 0 aromatic heterocycles. The summed E-state index contributed by atoms with van der Waals surface area (Å²) >= 11 is 12.2. The van der Waals surface area contributed by atoms with Gasteiger partial charge in [-0.3, -0.25) is 13.9 Å². The SMILES string of the molecule is CCOc1ccccc1N(CC(=O)N(Cc1ccc(Cl)cc1)[C@@H](Cc1ccccc1)C(=O)N[C@H](C)CC)S(=O)(=O)c1ccc(Cl)cc1. The number of carbonyl (C=O) groups excluding carboxylic acids is 2. The number of ether oxygens (including phenoxy) is 1. The van der Waals surface area contributed by atoms with Crippen LogP contribution in [0.25, 0.3) is 0 Å². The molecule has 2 amide bonds. The highest BCUT2D eigenvalue weighted by atomic mass is 35.5. The third-order valence-corrected chi connectivity index (χ3v) is 9.93. The van der Waals surface area contributed by atoms with Crippen molar-refractivity contribution in [3.63, 3.8) is 0 Å². The van der Waals surface area contributed by atoms with Crippen LogP contribution < -0.4 is 14.4 Å². The number of amides is 2. The van der Waals surface area contributed by atoms with Crippen LogP contribution in [0.5, 0.6) is 5.75 Å². The van der Waals surface area contributed by atoms with E-state index in [1.165, 1.54) is 29.2 Å². The Hall–Kier alpha value is -4.05. The topological polar surface area (TPSA) is 96.0 Å². The van der Waals surface area contributed by atoms with E-state index in [2.05, 4.69) is 5.32 Å². The summed E-state index contributed by atoms with van der Waals surface area (Å²) in [5.74, 6) is -0.628. The van der Waals surface area contributed by atoms with Crippen LogP contribution in [0.3, 0.4) is 0 Å². The zero-order valence-electron chi connectivity index (χ0n) is 26.6. The molecule has 47 heavy (non-hydrogen) atoms. The Morgan fingerprint density at radius 2 is 1.40 bits per heavy atom. The lowest BCUT2D eigenvalue weighted by molar-refractivity contribution is -0.140. The fourth-order valence-corrected chi connectivity index (χ4v) is 6.65. The van der Waals surface area contributed by atoms with Gasteiger partial charge < -0.3 is 15.0 Å². The van der Waals surface area contributed by atoms with Crippen molar-refractivity contribution in [1.82, 2.24) is 10.2 Å². The van der Waals surface area contributed by atoms with Crippen LogP contribution >= 0.6 is 23.2 Å². The van der Waals surface area contributed by atoms with Crippen molar-refractivity contribution in [3.8, 4) is 5.75 Å². The van der Waals surface area contributed by atoms with E-state index >= 15 is 0 Å². The maximum absolute atomic E-state index is 14.6. The summed E-state index contributed by atoms with van der Waals surface area (Å²) < 4.78 is 35.4. The molecule has 0 bridgehead atoms. The molecule has 0 fully saturated rings. The molecule has 11 heteroatoms. The van der Waals surface area contributed by atoms with Gasteiger partial charge in [0.2, 0.25) is 11.8 Å². The molecule has 0 saturated heterocycles. The van der Waals surface area contributed by atoms with E-state index in [4.69, 9.17) is 27.9 Å². The van der Waals surface area contributed by atoms with Crippen molar-refractivity contribution < 1.29 is 22.7 Å². The minimum atomic E-state index is -4.32. The molecule has 0 aliphatic rings. The summed E-state index contributed by atoms with van der Waals surface area (Å²) in [4.78, 5) is 30.0. The van der Waals surface area contributed by atoms with Gasteiger partial charge in [-0.15, -0.1) is 0 Å². The van der Waals surface area contributed by atoms with Crippen LogP contribution in [0.15, 0.2) is 108 Å². The Bertz CT molecular complexity index is 1740. The molecular weight excluding hydrogens is 657 g/mol. The van der Waals surface area contributed by atoms with Crippen LogP contribution in [-0.2, 0) is 32.6 Å². The number of hydrogen-bond acceptors (Lipinski definition) is 5. The molecule has 248 valence electrons. The minimum absolute atomic E-state index is 0.0311. The van der Waals surface area contributed by atoms with Crippen LogP contribution in [0.2, 0.25) is 10.0 Å². The molecule has 8 nitrogen and oxygen atoms in total. The van der Waals surface area contributed by atoms with E-state index in [1.54, 1.807) is 55.5 Å². The molecule has 4 aromatic rings. The van der Waals surface area contributed by atoms with Gasteiger partial charge in [0.05, 0.1) is 17.2 Å². The van der Waals surface area contributed by atoms with Crippen molar-refractivity contribution >= 4 is 50.7 Å². The maximum atomic E-state index is 14.6. The van der Waals surface area contributed by atoms with E-state index in [0.717, 1.165) is 15.4 Å². The molecular formula is C36H39Cl2N3O5S. The zero-order chi connectivity index (χ0) is 34.0. The quantitative estimate of drug-likeness (QED) is 0.143. The smallest absolute Gasteiger partial charge is 0.264 e. The normalized spacial score (nSPS) is 12.5. The summed E-state index contributed by atoms with van der Waals surface area (Å²) in [6.45, 7) is 5.35. The summed E-state index contributed by atoms with van der Waals surface area (Å²) in [6, 6.07) is 27.7. The fraction of sp³-hybridized carbons (Fsp3) is 0.278. The van der Waals surface area contributed by atoms with E-state index < -0.39 is 28.5 Å². The minimum Gasteiger partial charge on any atom is -0.492 e. The Morgan fingerprint density at radius 3 is 2.02 bits per heavy atom. The second kappa shape index (κ2) is 16.7. The van der Waals surface area contributed by atoms with Crippen molar-refractivity contribution in [2.45, 2.75) is 57.1 Å². The van der Waals surface area contributed by atoms with Crippen molar-refractivity contribution in [1.29, 1.82) is 0 Å². The predicted octanol–water partition coefficient (Wildman–Crippen LogP) is 7.14. The average molecular weight is 697 g/mol. The molecule has 4 rings (SSSR count). The van der Waals surface area contributed by atoms with Gasteiger partial charge in [0.1, 0.15) is 18.3 Å². The van der Waals surface area contributed by atoms with Crippen LogP contribution in [0.4, 0.5) is 5.69 Å². The van der Waals surface area contributed by atoms with Crippen LogP contribution in [0.1, 0.15) is 38.3 Å². The molecule has 4 aromatic carbocycles. The largest absolute Gasteiger partial charge is 0.492 e. The van der Waals surface area contributed by atoms with Gasteiger partial charge in [-0.1, -0.05) is 84.7 Å². The highest BCUT2D eigenvalue weighted by Gasteiger charge is 2.35. The molecule has 1 N–H and O–H groups in total. The highest BCUT2D eigenvalue weighted by molar-refractivity contribution is 7.92. The van der Waals surface area contributed by atoms with Gasteiger partial charge in [-0.25, -0.2) is 8.42 Å². The number of rotatable bonds is 15. The lowest BCUT2D eigenvalue weighted by atomic mass is 10.0. The Labute approximate surface area is 287 Å². The number of halogens is 2. The molecule has 0 radical (unpaired) electrons. The van der Waals surface area contributed by atoms with E-state index in [-0.39, 0.29) is 42.1 Å². The summed E-state index contributed by atoms with van der Waals surface area (Å²) in [5, 5.41) is 3.92. The van der Waals surface area contributed by atoms with Gasteiger partial charge in [-0.2, -0.15) is 0 Å². The molecule has 2 atom stereocenters. The number of para-hydroxylation sites is 2. The number of nitrogens with zero attached hydrogens (tertiary/aromatic N) is 2. The second-order valence-corrected chi connectivity index (χ2v) is 13.8. The highest BCUT2D eigenvalue weighted by Crippen LogP contribution is 2.33. The molecule has 0 aliphatic heterocycles. The van der Waals surface area contributed by atoms with Gasteiger partial charge >= 0.3 is 0 Å². The number of hydrogen-bond donors (Lipinski definition) is 1. The number of nitrogens with one attached hydrogen (secondary N) is 1. The van der Waals surface area contributed by atoms with E-state index in [9.17, 15) is 18.0 Å². The predicted molar refractivity (Wildman–Crippen MR) is 187 cm³/mol. The first-order valence-corrected chi connectivity index (χ1v) is 17.6. The first-order chi connectivity index (χ1) is 22.5. The average Bonchev–Trinajstić information content (AvgIpc) is 3.07. The molecule has 0 unspecified atom stereocenters. The van der Waals surface area contributed by atoms with Crippen molar-refractivity contribution in [2.75, 3.05) is 17.5 Å². The van der Waals surface area contributed by atoms with Gasteiger partial charge in [0.25, 0.3) is 10.0 Å². The lowest BCUT2D eigenvalue weighted by Crippen LogP contribution is -2.54. The first kappa shape index (κ1) is 35.8. The number of anilines is 1. The molecule has 0 heterocycles. The summed E-state index contributed by atoms with van der Waals surface area (Å²) in [7, 11) is -4.32. The van der Waals surface area contributed by atoms with Crippen LogP contribution in [-0.4, -0.2) is 50.4 Å². The van der Waals surface area contributed by atoms with E-state index in [1.807, 2.05) is 44.2 Å². The zero-order valence-corrected chi connectivity index (χ0v) is 28.9. The van der Waals surface area contributed by atoms with E-state index in [0.29, 0.717) is 22.2 Å². The Kier molecular flexibility index (Phi) is 12.7. The van der Waals surface area contributed by atoms with Gasteiger partial charge in [0, 0.05) is 29.1 Å². The van der Waals surface area contributed by atoms with Crippen LogP contribution in [0, 0.1) is 0 Å². The summed E-state index contributed by atoms with van der Waals surface area (Å²) in [6.07, 6.45) is 0.901. The number of carbonyl (C=O) groups is 2. The molecule has 0 spiro atoms. The lowest BCUT2D eigenvalue weighted by Gasteiger charge is -2.34. The maximum Gasteiger partial charge on any atom is 0.264 e. The Balaban J connectivity index is 1.84. The van der Waals surface area contributed by atoms with Crippen molar-refractivity contribution in [2.24, 2.45) is 0 Å². The molecule has 0 saturated carbocycles. The number of sulfonamides is 1. The summed E-state index contributed by atoms with van der Waals surface area (Å²) in [5.41, 5.74) is 1.75.